The first-order chi connectivity index (χ1) is 8.91. The third-order valence-corrected chi connectivity index (χ3v) is 3.84. The first kappa shape index (κ1) is 13.5. The predicted octanol–water partition coefficient (Wildman–Crippen LogP) is 2.39. The summed E-state index contributed by atoms with van der Waals surface area (Å²) >= 11 is 1.91. The summed E-state index contributed by atoms with van der Waals surface area (Å²) in [7, 11) is 0. The molecule has 0 aliphatic heterocycles. The van der Waals surface area contributed by atoms with Gasteiger partial charge in [-0.3, -0.25) is 10.1 Å². The van der Waals surface area contributed by atoms with Crippen LogP contribution in [0, 0.1) is 20.6 Å². The molecule has 0 radical (unpaired) electrons. The molecule has 0 atom stereocenters. The highest BCUT2D eigenvalue weighted by atomic mass is 127. The van der Waals surface area contributed by atoms with E-state index in [0.717, 1.165) is 0 Å². The summed E-state index contributed by atoms with van der Waals surface area (Å²) in [6.45, 7) is 1.74. The minimum Gasteiger partial charge on any atom is -0.476 e. The number of carbonyl (C=O) groups is 1. The molecule has 19 heavy (non-hydrogen) atoms. The largest absolute Gasteiger partial charge is 0.476 e. The van der Waals surface area contributed by atoms with Gasteiger partial charge in [-0.2, -0.15) is 5.10 Å². The molecule has 8 heteroatoms. The van der Waals surface area contributed by atoms with Crippen molar-refractivity contribution >= 4 is 34.2 Å². The molecule has 1 aromatic heterocycles. The Kier molecular flexibility index (Phi) is 3.51. The van der Waals surface area contributed by atoms with E-state index >= 15 is 0 Å². The molecule has 0 spiro atoms. The van der Waals surface area contributed by atoms with Gasteiger partial charge in [-0.25, -0.2) is 9.48 Å². The molecule has 0 bridgehead atoms. The van der Waals surface area contributed by atoms with Gasteiger partial charge in [-0.15, -0.1) is 0 Å². The number of non-ortho nitro benzene ring substituents is 1. The minimum atomic E-state index is -1.10. The normalized spacial score (nSPS) is 10.4. The summed E-state index contributed by atoms with van der Waals surface area (Å²) in [5.41, 5.74) is 1.19. The Balaban J connectivity index is 2.50. The third-order valence-electron chi connectivity index (χ3n) is 2.55. The molecule has 1 aromatic carbocycles. The van der Waals surface area contributed by atoms with E-state index in [0.29, 0.717) is 15.0 Å². The number of nitro benzene ring substituents is 1. The molecule has 0 fully saturated rings. The van der Waals surface area contributed by atoms with E-state index < -0.39 is 10.9 Å². The van der Waals surface area contributed by atoms with Gasteiger partial charge in [0, 0.05) is 12.1 Å². The zero-order valence-corrected chi connectivity index (χ0v) is 11.9. The standard InChI is InChI=1S/C11H8IN3O4/c1-6-9(12)10(11(16)17)13-14(6)7-2-4-8(5-3-7)15(18)19/h2-5H,1H3,(H,16,17). The van der Waals surface area contributed by atoms with E-state index in [2.05, 4.69) is 5.10 Å². The van der Waals surface area contributed by atoms with E-state index in [1.54, 1.807) is 6.92 Å². The van der Waals surface area contributed by atoms with E-state index in [4.69, 9.17) is 5.11 Å². The Labute approximate surface area is 121 Å². The van der Waals surface area contributed by atoms with Crippen LogP contribution in [-0.4, -0.2) is 25.8 Å². The van der Waals surface area contributed by atoms with Crippen LogP contribution >= 0.6 is 22.6 Å². The average molecular weight is 373 g/mol. The van der Waals surface area contributed by atoms with Crippen LogP contribution in [0.3, 0.4) is 0 Å². The van der Waals surface area contributed by atoms with Crippen molar-refractivity contribution in [2.75, 3.05) is 0 Å². The van der Waals surface area contributed by atoms with Gasteiger partial charge in [0.2, 0.25) is 0 Å². The van der Waals surface area contributed by atoms with Crippen LogP contribution in [0.15, 0.2) is 24.3 Å². The molecule has 1 heterocycles. The Morgan fingerprint density at radius 2 is 2.00 bits per heavy atom. The molecule has 0 unspecified atom stereocenters. The van der Waals surface area contributed by atoms with Crippen LogP contribution in [0.2, 0.25) is 0 Å². The number of carboxylic acid groups (broad SMARTS) is 1. The number of aromatic nitrogens is 2. The maximum atomic E-state index is 11.0. The molecular formula is C11H8IN3O4. The molecule has 0 aliphatic rings. The maximum Gasteiger partial charge on any atom is 0.357 e. The lowest BCUT2D eigenvalue weighted by Gasteiger charge is -2.03. The summed E-state index contributed by atoms with van der Waals surface area (Å²) in [5.74, 6) is -1.10. The lowest BCUT2D eigenvalue weighted by atomic mass is 10.3. The smallest absolute Gasteiger partial charge is 0.357 e. The quantitative estimate of drug-likeness (QED) is 0.506. The number of hydrogen-bond acceptors (Lipinski definition) is 4. The van der Waals surface area contributed by atoms with Gasteiger partial charge in [0.1, 0.15) is 0 Å². The van der Waals surface area contributed by atoms with E-state index in [9.17, 15) is 14.9 Å². The van der Waals surface area contributed by atoms with Crippen molar-refractivity contribution in [3.8, 4) is 5.69 Å². The molecular weight excluding hydrogens is 365 g/mol. The third kappa shape index (κ3) is 2.43. The zero-order chi connectivity index (χ0) is 14.2. The van der Waals surface area contributed by atoms with Gasteiger partial charge in [-0.1, -0.05) is 0 Å². The van der Waals surface area contributed by atoms with Crippen molar-refractivity contribution in [3.63, 3.8) is 0 Å². The summed E-state index contributed by atoms with van der Waals surface area (Å²) < 4.78 is 2.00. The SMILES string of the molecule is Cc1c(I)c(C(=O)O)nn1-c1ccc([N+](=O)[O-])cc1. The van der Waals surface area contributed by atoms with Crippen LogP contribution in [0.1, 0.15) is 16.2 Å². The summed E-state index contributed by atoms with van der Waals surface area (Å²) in [5, 5.41) is 23.6. The van der Waals surface area contributed by atoms with Gasteiger partial charge < -0.3 is 5.11 Å². The fourth-order valence-electron chi connectivity index (χ4n) is 1.59. The van der Waals surface area contributed by atoms with Crippen molar-refractivity contribution in [2.45, 2.75) is 6.92 Å². The van der Waals surface area contributed by atoms with Gasteiger partial charge in [0.25, 0.3) is 5.69 Å². The topological polar surface area (TPSA) is 98.3 Å². The second-order valence-corrected chi connectivity index (χ2v) is 4.82. The van der Waals surface area contributed by atoms with E-state index in [1.165, 1.54) is 28.9 Å². The lowest BCUT2D eigenvalue weighted by Crippen LogP contribution is -2.02. The van der Waals surface area contributed by atoms with Gasteiger partial charge >= 0.3 is 5.97 Å². The highest BCUT2D eigenvalue weighted by Gasteiger charge is 2.19. The van der Waals surface area contributed by atoms with Crippen molar-refractivity contribution in [3.05, 3.63) is 49.3 Å². The Bertz CT molecular complexity index is 663. The molecule has 7 nitrogen and oxygen atoms in total. The van der Waals surface area contributed by atoms with Gasteiger partial charge in [0.05, 0.1) is 19.9 Å². The number of rotatable bonds is 3. The predicted molar refractivity (Wildman–Crippen MR) is 74.6 cm³/mol. The van der Waals surface area contributed by atoms with E-state index in [1.807, 2.05) is 22.6 Å². The molecule has 0 saturated carbocycles. The number of carboxylic acids is 1. The monoisotopic (exact) mass is 373 g/mol. The molecule has 0 aliphatic carbocycles. The molecule has 0 saturated heterocycles. The molecule has 2 rings (SSSR count). The number of nitrogens with zero attached hydrogens (tertiary/aromatic N) is 3. The van der Waals surface area contributed by atoms with Crippen LogP contribution in [-0.2, 0) is 0 Å². The zero-order valence-electron chi connectivity index (χ0n) is 9.70. The number of nitro groups is 1. The Hall–Kier alpha value is -1.97. The van der Waals surface area contributed by atoms with Crippen molar-refractivity contribution in [1.82, 2.24) is 9.78 Å². The maximum absolute atomic E-state index is 11.0. The summed E-state index contributed by atoms with van der Waals surface area (Å²) in [6, 6.07) is 5.76. The molecule has 98 valence electrons. The minimum absolute atomic E-state index is 0.0262. The molecule has 2 aromatic rings. The summed E-state index contributed by atoms with van der Waals surface area (Å²) in [6.07, 6.45) is 0. The van der Waals surface area contributed by atoms with Crippen molar-refractivity contribution in [1.29, 1.82) is 0 Å². The fraction of sp³-hybridized carbons (Fsp3) is 0.0909. The van der Waals surface area contributed by atoms with Crippen molar-refractivity contribution in [2.24, 2.45) is 0 Å². The second-order valence-electron chi connectivity index (χ2n) is 3.74. The summed E-state index contributed by atoms with van der Waals surface area (Å²) in [4.78, 5) is 21.1. The van der Waals surface area contributed by atoms with Crippen molar-refractivity contribution < 1.29 is 14.8 Å². The molecule has 0 amide bonds. The highest BCUT2D eigenvalue weighted by Crippen LogP contribution is 2.21. The van der Waals surface area contributed by atoms with Crippen LogP contribution in [0.25, 0.3) is 5.69 Å². The number of halogens is 1. The van der Waals surface area contributed by atoms with Crippen LogP contribution in [0.5, 0.6) is 0 Å². The number of benzene rings is 1. The van der Waals surface area contributed by atoms with Crippen LogP contribution < -0.4 is 0 Å². The van der Waals surface area contributed by atoms with E-state index in [-0.39, 0.29) is 11.4 Å². The molecule has 1 N–H and O–H groups in total. The highest BCUT2D eigenvalue weighted by molar-refractivity contribution is 14.1. The fourth-order valence-corrected chi connectivity index (χ4v) is 2.15. The first-order valence-corrected chi connectivity index (χ1v) is 6.23. The second kappa shape index (κ2) is 4.96. The Morgan fingerprint density at radius 1 is 1.42 bits per heavy atom. The Morgan fingerprint density at radius 3 is 2.42 bits per heavy atom. The lowest BCUT2D eigenvalue weighted by molar-refractivity contribution is -0.384. The van der Waals surface area contributed by atoms with Gasteiger partial charge in [-0.05, 0) is 41.6 Å². The number of aromatic carboxylic acids is 1. The van der Waals surface area contributed by atoms with Gasteiger partial charge in [0.15, 0.2) is 5.69 Å². The number of hydrogen-bond donors (Lipinski definition) is 1. The average Bonchev–Trinajstić information content (AvgIpc) is 2.67. The first-order valence-electron chi connectivity index (χ1n) is 5.15. The van der Waals surface area contributed by atoms with Crippen LogP contribution in [0.4, 0.5) is 5.69 Å².